The van der Waals surface area contributed by atoms with E-state index < -0.39 is 11.7 Å². The number of nitrogens with one attached hydrogen (secondary N) is 1. The SMILES string of the molecule is Cl.FC(F)(F)c1cc(CN2CCC3(CCNCC3)C2)ccc1Cl. The molecule has 0 aliphatic carbocycles. The third kappa shape index (κ3) is 4.32. The summed E-state index contributed by atoms with van der Waals surface area (Å²) in [4.78, 5) is 2.27. The van der Waals surface area contributed by atoms with Crippen molar-refractivity contribution in [2.24, 2.45) is 5.41 Å². The maximum absolute atomic E-state index is 12.9. The number of alkyl halides is 3. The molecule has 0 amide bonds. The van der Waals surface area contributed by atoms with Crippen molar-refractivity contribution in [3.63, 3.8) is 0 Å². The fraction of sp³-hybridized carbons (Fsp3) is 0.625. The topological polar surface area (TPSA) is 15.3 Å². The largest absolute Gasteiger partial charge is 0.417 e. The van der Waals surface area contributed by atoms with Crippen LogP contribution in [-0.4, -0.2) is 31.1 Å². The van der Waals surface area contributed by atoms with Gasteiger partial charge < -0.3 is 5.32 Å². The molecule has 2 heterocycles. The van der Waals surface area contributed by atoms with Crippen molar-refractivity contribution >= 4 is 24.0 Å². The fourth-order valence-corrected chi connectivity index (χ4v) is 3.90. The molecule has 1 N–H and O–H groups in total. The minimum atomic E-state index is -4.39. The Bertz CT molecular complexity index is 543. The zero-order valence-corrected chi connectivity index (χ0v) is 14.3. The Labute approximate surface area is 145 Å². The molecule has 2 fully saturated rings. The molecule has 23 heavy (non-hydrogen) atoms. The summed E-state index contributed by atoms with van der Waals surface area (Å²) >= 11 is 5.67. The summed E-state index contributed by atoms with van der Waals surface area (Å²) < 4.78 is 38.8. The van der Waals surface area contributed by atoms with Gasteiger partial charge >= 0.3 is 6.18 Å². The van der Waals surface area contributed by atoms with Crippen LogP contribution in [0.5, 0.6) is 0 Å². The van der Waals surface area contributed by atoms with E-state index in [9.17, 15) is 13.2 Å². The van der Waals surface area contributed by atoms with E-state index >= 15 is 0 Å². The number of piperidine rings is 1. The standard InChI is InChI=1S/C16H20ClF3N2.ClH/c17-14-2-1-12(9-13(14)16(18,19)20)10-22-8-5-15(11-22)3-6-21-7-4-15;/h1-2,9,21H,3-8,10-11H2;1H. The quantitative estimate of drug-likeness (QED) is 0.834. The van der Waals surface area contributed by atoms with Gasteiger partial charge in [-0.3, -0.25) is 4.90 Å². The average molecular weight is 369 g/mol. The van der Waals surface area contributed by atoms with E-state index in [0.29, 0.717) is 17.5 Å². The summed E-state index contributed by atoms with van der Waals surface area (Å²) in [5.41, 5.74) is 0.315. The van der Waals surface area contributed by atoms with Gasteiger partial charge in [0.25, 0.3) is 0 Å². The van der Waals surface area contributed by atoms with E-state index in [2.05, 4.69) is 10.2 Å². The number of halogens is 5. The summed E-state index contributed by atoms with van der Waals surface area (Å²) in [5.74, 6) is 0. The lowest BCUT2D eigenvalue weighted by atomic mass is 9.78. The summed E-state index contributed by atoms with van der Waals surface area (Å²) in [6.07, 6.45) is -0.918. The molecule has 0 aromatic heterocycles. The highest BCUT2D eigenvalue weighted by molar-refractivity contribution is 6.31. The van der Waals surface area contributed by atoms with Gasteiger partial charge in [-0.25, -0.2) is 0 Å². The summed E-state index contributed by atoms with van der Waals surface area (Å²) in [6, 6.07) is 4.25. The molecule has 2 aliphatic heterocycles. The van der Waals surface area contributed by atoms with Gasteiger partial charge in [0.2, 0.25) is 0 Å². The van der Waals surface area contributed by atoms with Crippen molar-refractivity contribution in [1.82, 2.24) is 10.2 Å². The van der Waals surface area contributed by atoms with Crippen LogP contribution < -0.4 is 5.32 Å². The molecule has 130 valence electrons. The molecular formula is C16H21Cl2F3N2. The van der Waals surface area contributed by atoms with E-state index in [1.54, 1.807) is 6.07 Å². The molecule has 2 aliphatic rings. The van der Waals surface area contributed by atoms with Crippen LogP contribution in [0.15, 0.2) is 18.2 Å². The van der Waals surface area contributed by atoms with E-state index in [4.69, 9.17) is 11.6 Å². The molecule has 0 radical (unpaired) electrons. The van der Waals surface area contributed by atoms with Crippen LogP contribution >= 0.6 is 24.0 Å². The highest BCUT2D eigenvalue weighted by Gasteiger charge is 2.39. The number of hydrogen-bond donors (Lipinski definition) is 1. The van der Waals surface area contributed by atoms with E-state index in [1.165, 1.54) is 12.1 Å². The van der Waals surface area contributed by atoms with E-state index in [0.717, 1.165) is 45.4 Å². The minimum absolute atomic E-state index is 0. The van der Waals surface area contributed by atoms with Crippen LogP contribution in [0, 0.1) is 5.41 Å². The Morgan fingerprint density at radius 2 is 1.87 bits per heavy atom. The normalized spacial score (nSPS) is 21.4. The van der Waals surface area contributed by atoms with Crippen molar-refractivity contribution < 1.29 is 13.2 Å². The van der Waals surface area contributed by atoms with Crippen molar-refractivity contribution in [3.05, 3.63) is 34.3 Å². The molecule has 3 rings (SSSR count). The van der Waals surface area contributed by atoms with Gasteiger partial charge in [0.1, 0.15) is 0 Å². The smallest absolute Gasteiger partial charge is 0.317 e. The highest BCUT2D eigenvalue weighted by Crippen LogP contribution is 2.40. The van der Waals surface area contributed by atoms with Crippen LogP contribution in [0.3, 0.4) is 0 Å². The second-order valence-electron chi connectivity index (χ2n) is 6.52. The Kier molecular flexibility index (Phi) is 5.88. The van der Waals surface area contributed by atoms with Crippen LogP contribution in [0.1, 0.15) is 30.4 Å². The Morgan fingerprint density at radius 1 is 1.17 bits per heavy atom. The lowest BCUT2D eigenvalue weighted by molar-refractivity contribution is -0.137. The zero-order valence-electron chi connectivity index (χ0n) is 12.8. The van der Waals surface area contributed by atoms with Crippen LogP contribution in [0.2, 0.25) is 5.02 Å². The third-order valence-electron chi connectivity index (χ3n) is 4.92. The van der Waals surface area contributed by atoms with Gasteiger partial charge in [0.05, 0.1) is 10.6 Å². The second-order valence-corrected chi connectivity index (χ2v) is 6.93. The third-order valence-corrected chi connectivity index (χ3v) is 5.25. The minimum Gasteiger partial charge on any atom is -0.317 e. The number of hydrogen-bond acceptors (Lipinski definition) is 2. The number of nitrogens with zero attached hydrogens (tertiary/aromatic N) is 1. The first-order valence-corrected chi connectivity index (χ1v) is 8.05. The molecule has 1 aromatic carbocycles. The average Bonchev–Trinajstić information content (AvgIpc) is 2.83. The van der Waals surface area contributed by atoms with Crippen LogP contribution in [0.4, 0.5) is 13.2 Å². The Hall–Kier alpha value is -0.490. The van der Waals surface area contributed by atoms with E-state index in [-0.39, 0.29) is 17.4 Å². The predicted octanol–water partition coefficient (Wildman–Crippen LogP) is 4.36. The molecule has 0 bridgehead atoms. The number of benzene rings is 1. The first-order chi connectivity index (χ1) is 10.4. The summed E-state index contributed by atoms with van der Waals surface area (Å²) in [6.45, 7) is 4.61. The summed E-state index contributed by atoms with van der Waals surface area (Å²) in [5, 5.41) is 3.14. The Morgan fingerprint density at radius 3 is 2.52 bits per heavy atom. The van der Waals surface area contributed by atoms with Gasteiger partial charge in [-0.05, 0) is 62.0 Å². The van der Waals surface area contributed by atoms with Crippen molar-refractivity contribution in [1.29, 1.82) is 0 Å². The molecule has 7 heteroatoms. The van der Waals surface area contributed by atoms with Gasteiger partial charge in [0, 0.05) is 13.1 Å². The maximum Gasteiger partial charge on any atom is 0.417 e. The van der Waals surface area contributed by atoms with Gasteiger partial charge in [0.15, 0.2) is 0 Å². The lowest BCUT2D eigenvalue weighted by Crippen LogP contribution is -2.38. The molecule has 1 aromatic rings. The zero-order chi connectivity index (χ0) is 15.8. The Balaban J connectivity index is 0.00000192. The van der Waals surface area contributed by atoms with Crippen LogP contribution in [-0.2, 0) is 12.7 Å². The second kappa shape index (κ2) is 7.18. The first kappa shape index (κ1) is 18.8. The fourth-order valence-electron chi connectivity index (χ4n) is 3.67. The molecule has 0 saturated carbocycles. The number of likely N-dealkylation sites (tertiary alicyclic amines) is 1. The monoisotopic (exact) mass is 368 g/mol. The molecule has 1 spiro atoms. The predicted molar refractivity (Wildman–Crippen MR) is 88.1 cm³/mol. The molecule has 0 unspecified atom stereocenters. The highest BCUT2D eigenvalue weighted by atomic mass is 35.5. The first-order valence-electron chi connectivity index (χ1n) is 7.67. The lowest BCUT2D eigenvalue weighted by Gasteiger charge is -2.34. The van der Waals surface area contributed by atoms with Gasteiger partial charge in [-0.15, -0.1) is 12.4 Å². The van der Waals surface area contributed by atoms with Crippen molar-refractivity contribution in [2.45, 2.75) is 32.0 Å². The number of rotatable bonds is 2. The van der Waals surface area contributed by atoms with Gasteiger partial charge in [-0.1, -0.05) is 17.7 Å². The van der Waals surface area contributed by atoms with Crippen molar-refractivity contribution in [3.8, 4) is 0 Å². The van der Waals surface area contributed by atoms with E-state index in [1.807, 2.05) is 0 Å². The van der Waals surface area contributed by atoms with Crippen molar-refractivity contribution in [2.75, 3.05) is 26.2 Å². The van der Waals surface area contributed by atoms with Gasteiger partial charge in [-0.2, -0.15) is 13.2 Å². The molecule has 2 nitrogen and oxygen atoms in total. The molecular weight excluding hydrogens is 348 g/mol. The maximum atomic E-state index is 12.9. The molecule has 0 atom stereocenters. The summed E-state index contributed by atoms with van der Waals surface area (Å²) in [7, 11) is 0. The van der Waals surface area contributed by atoms with Crippen LogP contribution in [0.25, 0.3) is 0 Å². The molecule has 2 saturated heterocycles.